The number of carboxylic acid groups (broad SMARTS) is 1. The minimum absolute atomic E-state index is 0.0188. The zero-order chi connectivity index (χ0) is 26.9. The van der Waals surface area contributed by atoms with E-state index in [0.717, 1.165) is 43.2 Å². The van der Waals surface area contributed by atoms with Crippen LogP contribution in [0.1, 0.15) is 83.5 Å². The molecule has 0 aromatic heterocycles. The first-order valence-electron chi connectivity index (χ1n) is 15.4. The first-order valence-corrected chi connectivity index (χ1v) is 15.4. The second-order valence-electron chi connectivity index (χ2n) is 12.8. The van der Waals surface area contributed by atoms with Crippen molar-refractivity contribution in [3.05, 3.63) is 24.3 Å². The van der Waals surface area contributed by atoms with Gasteiger partial charge in [-0.25, -0.2) is 9.59 Å². The molecule has 3 saturated heterocycles. The lowest BCUT2D eigenvalue weighted by atomic mass is 9.68. The maximum atomic E-state index is 14.2. The molecular weight excluding hydrogens is 494 g/mol. The number of likely N-dealkylation sites (tertiary alicyclic amines) is 1. The second kappa shape index (κ2) is 11.7. The summed E-state index contributed by atoms with van der Waals surface area (Å²) in [7, 11) is 0. The van der Waals surface area contributed by atoms with Gasteiger partial charge >= 0.3 is 12.0 Å². The van der Waals surface area contributed by atoms with Crippen LogP contribution in [0.15, 0.2) is 24.3 Å². The van der Waals surface area contributed by atoms with Gasteiger partial charge in [0.15, 0.2) is 6.61 Å². The van der Waals surface area contributed by atoms with Gasteiger partial charge in [-0.3, -0.25) is 9.80 Å². The second-order valence-corrected chi connectivity index (χ2v) is 12.8. The molecule has 0 spiro atoms. The van der Waals surface area contributed by atoms with Crippen LogP contribution in [0.25, 0.3) is 0 Å². The minimum atomic E-state index is -1.02. The Balaban J connectivity index is 1.27. The Morgan fingerprint density at radius 3 is 2.31 bits per heavy atom. The first-order chi connectivity index (χ1) is 19.0. The number of amides is 2. The highest BCUT2D eigenvalue weighted by molar-refractivity contribution is 5.93. The predicted octanol–water partition coefficient (Wildman–Crippen LogP) is 4.89. The number of piperidine rings is 2. The molecule has 0 radical (unpaired) electrons. The number of rotatable bonds is 7. The van der Waals surface area contributed by atoms with E-state index in [2.05, 4.69) is 4.90 Å². The largest absolute Gasteiger partial charge is 0.482 e. The SMILES string of the molecule is O=C(O)COc1cccc(N(C(=O)N2CCCC2CO)C2CC3CCCC(C2)N3C2CC3CCCC(C3)C2)c1. The topological polar surface area (TPSA) is 93.5 Å². The number of carboxylic acids is 1. The van der Waals surface area contributed by atoms with E-state index in [4.69, 9.17) is 9.84 Å². The Morgan fingerprint density at radius 1 is 0.897 bits per heavy atom. The maximum absolute atomic E-state index is 14.2. The lowest BCUT2D eigenvalue weighted by Gasteiger charge is -2.56. The molecule has 39 heavy (non-hydrogen) atoms. The average Bonchev–Trinajstić information content (AvgIpc) is 3.41. The van der Waals surface area contributed by atoms with Crippen molar-refractivity contribution in [2.24, 2.45) is 11.8 Å². The summed E-state index contributed by atoms with van der Waals surface area (Å²) >= 11 is 0. The van der Waals surface area contributed by atoms with Gasteiger partial charge < -0.3 is 19.8 Å². The number of aliphatic hydroxyl groups excluding tert-OH is 1. The van der Waals surface area contributed by atoms with Gasteiger partial charge in [0.05, 0.1) is 12.6 Å². The van der Waals surface area contributed by atoms with E-state index in [-0.39, 0.29) is 24.7 Å². The van der Waals surface area contributed by atoms with Gasteiger partial charge in [-0.2, -0.15) is 0 Å². The van der Waals surface area contributed by atoms with Gasteiger partial charge in [0.1, 0.15) is 5.75 Å². The molecule has 214 valence electrons. The highest BCUT2D eigenvalue weighted by Gasteiger charge is 2.47. The van der Waals surface area contributed by atoms with Gasteiger partial charge in [0, 0.05) is 42.5 Å². The standard InChI is InChI=1S/C31H45N3O5/c35-19-26-10-4-12-32(26)31(38)34(25-9-3-11-29(18-25)39-20-30(36)37)28-16-23-7-2-8-24(17-28)33(23)27-14-21-5-1-6-22(13-21)15-27/h3,9,11,18,21-24,26-28,35H,1-2,4-8,10,12-17,19-20H2,(H,36,37). The molecule has 2 N–H and O–H groups in total. The Hall–Kier alpha value is -2.32. The van der Waals surface area contributed by atoms with Gasteiger partial charge in [-0.05, 0) is 81.8 Å². The van der Waals surface area contributed by atoms with Gasteiger partial charge in [0.2, 0.25) is 0 Å². The molecule has 1 aromatic rings. The van der Waals surface area contributed by atoms with Gasteiger partial charge in [-0.1, -0.05) is 31.7 Å². The van der Waals surface area contributed by atoms with Crippen molar-refractivity contribution in [2.75, 3.05) is 24.7 Å². The number of hydrogen-bond donors (Lipinski definition) is 2. The van der Waals surface area contributed by atoms with Crippen molar-refractivity contribution in [1.29, 1.82) is 0 Å². The molecule has 8 heteroatoms. The van der Waals surface area contributed by atoms with E-state index in [1.54, 1.807) is 6.07 Å². The number of nitrogens with zero attached hydrogens (tertiary/aromatic N) is 3. The zero-order valence-electron chi connectivity index (χ0n) is 23.1. The summed E-state index contributed by atoms with van der Waals surface area (Å²) in [5.74, 6) is 1.23. The Morgan fingerprint density at radius 2 is 1.62 bits per heavy atom. The highest BCUT2D eigenvalue weighted by Crippen LogP contribution is 2.47. The van der Waals surface area contributed by atoms with Crippen molar-refractivity contribution in [3.8, 4) is 5.75 Å². The van der Waals surface area contributed by atoms with E-state index in [1.165, 1.54) is 57.8 Å². The van der Waals surface area contributed by atoms with Crippen LogP contribution in [0, 0.1) is 11.8 Å². The summed E-state index contributed by atoms with van der Waals surface area (Å²) in [5, 5.41) is 19.1. The molecule has 5 fully saturated rings. The van der Waals surface area contributed by atoms with Gasteiger partial charge in [-0.15, -0.1) is 0 Å². The van der Waals surface area contributed by atoms with E-state index in [0.29, 0.717) is 30.4 Å². The number of fused-ring (bicyclic) bond motifs is 4. The zero-order valence-corrected chi connectivity index (χ0v) is 23.1. The van der Waals surface area contributed by atoms with Crippen LogP contribution >= 0.6 is 0 Å². The Bertz CT molecular complexity index is 1010. The molecule has 8 nitrogen and oxygen atoms in total. The number of carbonyl (C=O) groups excluding carboxylic acids is 1. The molecule has 3 aliphatic heterocycles. The van der Waals surface area contributed by atoms with E-state index in [1.807, 2.05) is 28.0 Å². The summed E-state index contributed by atoms with van der Waals surface area (Å²) in [6, 6.07) is 8.94. The summed E-state index contributed by atoms with van der Waals surface area (Å²) in [5.41, 5.74) is 0.759. The molecular formula is C31H45N3O5. The number of benzene rings is 1. The number of ether oxygens (including phenoxy) is 1. The third-order valence-electron chi connectivity index (χ3n) is 10.4. The van der Waals surface area contributed by atoms with Crippen LogP contribution in [-0.2, 0) is 4.79 Å². The summed E-state index contributed by atoms with van der Waals surface area (Å²) in [4.78, 5) is 32.1. The summed E-state index contributed by atoms with van der Waals surface area (Å²) in [6.45, 7) is 0.226. The lowest BCUT2D eigenvalue weighted by Crippen LogP contribution is -2.63. The molecule has 2 amide bonds. The van der Waals surface area contributed by atoms with Crippen LogP contribution in [-0.4, -0.2) is 82.0 Å². The van der Waals surface area contributed by atoms with E-state index in [9.17, 15) is 14.7 Å². The van der Waals surface area contributed by atoms with Crippen LogP contribution in [0.2, 0.25) is 0 Å². The summed E-state index contributed by atoms with van der Waals surface area (Å²) in [6.07, 6.45) is 15.7. The highest BCUT2D eigenvalue weighted by atomic mass is 16.5. The van der Waals surface area contributed by atoms with E-state index < -0.39 is 12.6 Å². The van der Waals surface area contributed by atoms with Crippen LogP contribution < -0.4 is 9.64 Å². The Kier molecular flexibility index (Phi) is 8.03. The van der Waals surface area contributed by atoms with Crippen molar-refractivity contribution in [1.82, 2.24) is 9.80 Å². The summed E-state index contributed by atoms with van der Waals surface area (Å²) < 4.78 is 5.50. The predicted molar refractivity (Wildman–Crippen MR) is 149 cm³/mol. The van der Waals surface area contributed by atoms with Crippen molar-refractivity contribution < 1.29 is 24.5 Å². The number of hydrogen-bond acceptors (Lipinski definition) is 5. The molecule has 6 rings (SSSR count). The molecule has 4 bridgehead atoms. The normalized spacial score (nSPS) is 34.5. The molecule has 1 aromatic carbocycles. The quantitative estimate of drug-likeness (QED) is 0.513. The fourth-order valence-electron chi connectivity index (χ4n) is 8.90. The van der Waals surface area contributed by atoms with Crippen molar-refractivity contribution in [2.45, 2.75) is 114 Å². The lowest BCUT2D eigenvalue weighted by molar-refractivity contribution is -0.139. The van der Waals surface area contributed by atoms with Crippen LogP contribution in [0.3, 0.4) is 0 Å². The maximum Gasteiger partial charge on any atom is 0.341 e. The number of urea groups is 1. The minimum Gasteiger partial charge on any atom is -0.482 e. The molecule has 5 aliphatic rings. The number of carbonyl (C=O) groups is 2. The fraction of sp³-hybridized carbons (Fsp3) is 0.742. The average molecular weight is 540 g/mol. The van der Waals surface area contributed by atoms with Crippen molar-refractivity contribution in [3.63, 3.8) is 0 Å². The number of aliphatic carboxylic acids is 1. The monoisotopic (exact) mass is 539 g/mol. The smallest absolute Gasteiger partial charge is 0.341 e. The van der Waals surface area contributed by atoms with Crippen molar-refractivity contribution >= 4 is 17.7 Å². The van der Waals surface area contributed by atoms with E-state index >= 15 is 0 Å². The van der Waals surface area contributed by atoms with Crippen LogP contribution in [0.5, 0.6) is 5.75 Å². The molecule has 2 aliphatic carbocycles. The Labute approximate surface area is 232 Å². The fourth-order valence-corrected chi connectivity index (χ4v) is 8.90. The third-order valence-corrected chi connectivity index (χ3v) is 10.4. The molecule has 5 unspecified atom stereocenters. The number of anilines is 1. The third kappa shape index (κ3) is 5.64. The van der Waals surface area contributed by atoms with Gasteiger partial charge in [0.25, 0.3) is 0 Å². The molecule has 2 saturated carbocycles. The molecule has 5 atom stereocenters. The number of aliphatic hydroxyl groups is 1. The first kappa shape index (κ1) is 26.9. The molecule has 3 heterocycles. The van der Waals surface area contributed by atoms with Crippen LogP contribution in [0.4, 0.5) is 10.5 Å².